The van der Waals surface area contributed by atoms with Crippen molar-refractivity contribution in [3.63, 3.8) is 0 Å². The summed E-state index contributed by atoms with van der Waals surface area (Å²) in [5.74, 6) is 1.39. The Morgan fingerprint density at radius 2 is 2.33 bits per heavy atom. The number of nitrogens with zero attached hydrogens (tertiary/aromatic N) is 2. The van der Waals surface area contributed by atoms with Crippen LogP contribution >= 0.6 is 0 Å². The van der Waals surface area contributed by atoms with E-state index < -0.39 is 0 Å². The molecule has 1 atom stereocenters. The van der Waals surface area contributed by atoms with Crippen LogP contribution in [0.3, 0.4) is 0 Å². The maximum absolute atomic E-state index is 12.0. The first-order valence-corrected chi connectivity index (χ1v) is 9.40. The topological polar surface area (TPSA) is 74.6 Å². The molecule has 2 aromatic rings. The van der Waals surface area contributed by atoms with Crippen molar-refractivity contribution in [3.8, 4) is 11.5 Å². The maximum atomic E-state index is 12.0. The van der Waals surface area contributed by atoms with Gasteiger partial charge in [-0.3, -0.25) is 9.48 Å². The Bertz CT molecular complexity index is 712. The Morgan fingerprint density at radius 1 is 1.41 bits per heavy atom. The predicted octanol–water partition coefficient (Wildman–Crippen LogP) is 2.55. The van der Waals surface area contributed by atoms with Crippen LogP contribution in [0.2, 0.25) is 0 Å². The van der Waals surface area contributed by atoms with E-state index in [9.17, 15) is 4.79 Å². The normalized spacial score (nSPS) is 16.3. The van der Waals surface area contributed by atoms with Crippen LogP contribution in [0.4, 0.5) is 0 Å². The van der Waals surface area contributed by atoms with Crippen LogP contribution in [0.25, 0.3) is 0 Å². The first-order chi connectivity index (χ1) is 13.2. The van der Waals surface area contributed by atoms with Gasteiger partial charge < -0.3 is 19.5 Å². The number of amides is 1. The second-order valence-corrected chi connectivity index (χ2v) is 6.58. The summed E-state index contributed by atoms with van der Waals surface area (Å²) in [5.41, 5.74) is 0.969. The molecule has 1 unspecified atom stereocenters. The number of nitrogens with one attached hydrogen (secondary N) is 1. The van der Waals surface area contributed by atoms with Crippen LogP contribution in [0.5, 0.6) is 11.5 Å². The van der Waals surface area contributed by atoms with Gasteiger partial charge in [0.25, 0.3) is 0 Å². The fourth-order valence-electron chi connectivity index (χ4n) is 3.02. The molecule has 1 fully saturated rings. The van der Waals surface area contributed by atoms with Crippen molar-refractivity contribution in [1.82, 2.24) is 15.1 Å². The van der Waals surface area contributed by atoms with Gasteiger partial charge in [0, 0.05) is 38.5 Å². The SMILES string of the molecule is COc1cc(CNC(=O)CCCn2cccn2)ccc1OCC1CCCO1. The van der Waals surface area contributed by atoms with Crippen molar-refractivity contribution in [1.29, 1.82) is 0 Å². The molecule has 1 N–H and O–H groups in total. The molecule has 1 aliphatic rings. The van der Waals surface area contributed by atoms with Crippen molar-refractivity contribution < 1.29 is 19.0 Å². The number of carbonyl (C=O) groups excluding carboxylic acids is 1. The number of ether oxygens (including phenoxy) is 3. The molecule has 1 aromatic heterocycles. The standard InChI is InChI=1S/C20H27N3O4/c1-25-19-13-16(7-8-18(19)27-15-17-5-3-12-26-17)14-21-20(24)6-2-10-23-11-4-9-22-23/h4,7-9,11,13,17H,2-3,5-6,10,12,14-15H2,1H3,(H,21,24). The minimum absolute atomic E-state index is 0.0276. The number of benzene rings is 1. The molecule has 27 heavy (non-hydrogen) atoms. The van der Waals surface area contributed by atoms with Gasteiger partial charge in [0.1, 0.15) is 6.61 Å². The molecule has 1 saturated heterocycles. The number of hydrogen-bond acceptors (Lipinski definition) is 5. The van der Waals surface area contributed by atoms with Gasteiger partial charge in [-0.25, -0.2) is 0 Å². The molecule has 3 rings (SSSR count). The second-order valence-electron chi connectivity index (χ2n) is 6.58. The van der Waals surface area contributed by atoms with Crippen molar-refractivity contribution in [2.45, 2.75) is 44.9 Å². The summed E-state index contributed by atoms with van der Waals surface area (Å²) < 4.78 is 18.7. The highest BCUT2D eigenvalue weighted by Gasteiger charge is 2.17. The lowest BCUT2D eigenvalue weighted by Crippen LogP contribution is -2.23. The van der Waals surface area contributed by atoms with Gasteiger partial charge >= 0.3 is 0 Å². The largest absolute Gasteiger partial charge is 0.493 e. The summed E-state index contributed by atoms with van der Waals surface area (Å²) >= 11 is 0. The molecule has 146 valence electrons. The zero-order valence-electron chi connectivity index (χ0n) is 15.7. The number of rotatable bonds is 10. The van der Waals surface area contributed by atoms with Crippen LogP contribution in [0, 0.1) is 0 Å². The minimum Gasteiger partial charge on any atom is -0.493 e. The Labute approximate surface area is 159 Å². The summed E-state index contributed by atoms with van der Waals surface area (Å²) in [6, 6.07) is 7.60. The van der Waals surface area contributed by atoms with Gasteiger partial charge in [0.2, 0.25) is 5.91 Å². The Balaban J connectivity index is 1.42. The molecule has 1 amide bonds. The molecule has 1 aliphatic heterocycles. The van der Waals surface area contributed by atoms with E-state index in [4.69, 9.17) is 14.2 Å². The van der Waals surface area contributed by atoms with Gasteiger partial charge in [0.15, 0.2) is 11.5 Å². The molecule has 2 heterocycles. The van der Waals surface area contributed by atoms with E-state index in [-0.39, 0.29) is 12.0 Å². The predicted molar refractivity (Wildman–Crippen MR) is 101 cm³/mol. The second kappa shape index (κ2) is 9.97. The van der Waals surface area contributed by atoms with Crippen molar-refractivity contribution >= 4 is 5.91 Å². The minimum atomic E-state index is 0.0276. The quantitative estimate of drug-likeness (QED) is 0.693. The van der Waals surface area contributed by atoms with E-state index in [1.807, 2.05) is 35.1 Å². The number of hydrogen-bond donors (Lipinski definition) is 1. The molecule has 0 bridgehead atoms. The van der Waals surface area contributed by atoms with E-state index >= 15 is 0 Å². The van der Waals surface area contributed by atoms with Gasteiger partial charge in [-0.2, -0.15) is 5.10 Å². The molecule has 0 saturated carbocycles. The zero-order chi connectivity index (χ0) is 18.9. The van der Waals surface area contributed by atoms with Crippen LogP contribution in [-0.4, -0.2) is 42.1 Å². The Morgan fingerprint density at radius 3 is 3.07 bits per heavy atom. The lowest BCUT2D eigenvalue weighted by atomic mass is 10.2. The number of carbonyl (C=O) groups is 1. The van der Waals surface area contributed by atoms with E-state index in [1.54, 1.807) is 13.3 Å². The molecule has 0 aliphatic carbocycles. The van der Waals surface area contributed by atoms with Crippen LogP contribution in [-0.2, 0) is 22.6 Å². The third-order valence-corrected chi connectivity index (χ3v) is 4.52. The average Bonchev–Trinajstić information content (AvgIpc) is 3.39. The first kappa shape index (κ1) is 19.2. The van der Waals surface area contributed by atoms with Crippen LogP contribution in [0.1, 0.15) is 31.2 Å². The molecule has 0 spiro atoms. The lowest BCUT2D eigenvalue weighted by Gasteiger charge is -2.15. The highest BCUT2D eigenvalue weighted by atomic mass is 16.5. The van der Waals surface area contributed by atoms with Gasteiger partial charge in [-0.15, -0.1) is 0 Å². The lowest BCUT2D eigenvalue weighted by molar-refractivity contribution is -0.121. The van der Waals surface area contributed by atoms with Gasteiger partial charge in [0.05, 0.1) is 13.2 Å². The summed E-state index contributed by atoms with van der Waals surface area (Å²) in [7, 11) is 1.62. The van der Waals surface area contributed by atoms with E-state index in [0.717, 1.165) is 38.0 Å². The smallest absolute Gasteiger partial charge is 0.220 e. The fourth-order valence-corrected chi connectivity index (χ4v) is 3.02. The van der Waals surface area contributed by atoms with Crippen LogP contribution in [0.15, 0.2) is 36.7 Å². The first-order valence-electron chi connectivity index (χ1n) is 9.40. The van der Waals surface area contributed by atoms with Gasteiger partial charge in [-0.05, 0) is 43.0 Å². The number of aryl methyl sites for hydroxylation is 1. The fraction of sp³-hybridized carbons (Fsp3) is 0.500. The van der Waals surface area contributed by atoms with E-state index in [2.05, 4.69) is 10.4 Å². The monoisotopic (exact) mass is 373 g/mol. The number of methoxy groups -OCH3 is 1. The molecule has 7 heteroatoms. The Kier molecular flexibility index (Phi) is 7.10. The summed E-state index contributed by atoms with van der Waals surface area (Å²) in [5, 5.41) is 7.07. The van der Waals surface area contributed by atoms with Crippen molar-refractivity contribution in [2.75, 3.05) is 20.3 Å². The number of aromatic nitrogens is 2. The van der Waals surface area contributed by atoms with E-state index in [1.165, 1.54) is 0 Å². The summed E-state index contributed by atoms with van der Waals surface area (Å²) in [6.07, 6.45) is 7.15. The van der Waals surface area contributed by atoms with Crippen LogP contribution < -0.4 is 14.8 Å². The molecule has 1 aromatic carbocycles. The summed E-state index contributed by atoms with van der Waals surface area (Å²) in [6.45, 7) is 2.54. The third kappa shape index (κ3) is 5.99. The average molecular weight is 373 g/mol. The molecule has 7 nitrogen and oxygen atoms in total. The van der Waals surface area contributed by atoms with E-state index in [0.29, 0.717) is 31.1 Å². The molecule has 0 radical (unpaired) electrons. The molecular weight excluding hydrogens is 346 g/mol. The molecular formula is C20H27N3O4. The van der Waals surface area contributed by atoms with Crippen molar-refractivity contribution in [3.05, 3.63) is 42.2 Å². The maximum Gasteiger partial charge on any atom is 0.220 e. The summed E-state index contributed by atoms with van der Waals surface area (Å²) in [4.78, 5) is 12.0. The highest BCUT2D eigenvalue weighted by molar-refractivity contribution is 5.75. The zero-order valence-corrected chi connectivity index (χ0v) is 15.7. The van der Waals surface area contributed by atoms with Gasteiger partial charge in [-0.1, -0.05) is 6.07 Å². The third-order valence-electron chi connectivity index (χ3n) is 4.52. The Hall–Kier alpha value is -2.54. The highest BCUT2D eigenvalue weighted by Crippen LogP contribution is 2.29. The van der Waals surface area contributed by atoms with Crippen molar-refractivity contribution in [2.24, 2.45) is 0 Å².